The molecule has 0 saturated carbocycles. The van der Waals surface area contributed by atoms with Crippen LogP contribution in [-0.2, 0) is 24.0 Å². The molecule has 3 aromatic rings. The number of hydrogen-bond acceptors (Lipinski definition) is 6. The van der Waals surface area contributed by atoms with Gasteiger partial charge in [0.25, 0.3) is 11.8 Å². The average molecular weight is 523 g/mol. The van der Waals surface area contributed by atoms with Crippen LogP contribution in [0.15, 0.2) is 79.0 Å². The van der Waals surface area contributed by atoms with Crippen LogP contribution in [0.2, 0.25) is 0 Å². The Bertz CT molecular complexity index is 1470. The lowest BCUT2D eigenvalue weighted by atomic mass is 9.98. The van der Waals surface area contributed by atoms with Crippen molar-refractivity contribution in [3.8, 4) is 11.1 Å². The van der Waals surface area contributed by atoms with E-state index in [0.29, 0.717) is 10.6 Å². The quantitative estimate of drug-likeness (QED) is 0.466. The first-order valence-electron chi connectivity index (χ1n) is 12.7. The molecule has 3 aromatic carbocycles. The highest BCUT2D eigenvalue weighted by atomic mass is 16.7. The number of amides is 3. The second-order valence-corrected chi connectivity index (χ2v) is 9.52. The minimum atomic E-state index is -1.23. The lowest BCUT2D eigenvalue weighted by molar-refractivity contribution is -0.198. The molecule has 2 heterocycles. The van der Waals surface area contributed by atoms with Crippen LogP contribution in [0, 0.1) is 0 Å². The second kappa shape index (κ2) is 10.1. The standard InChI is InChI=1S/C30H24N3O6/c34-27-13-14-28(35)33(27)39-29(36)26(15-18-16-31-25-12-6-5-7-19(18)25)32-30(37)38-17-24-22-10-3-1-8-20(22)21-9-2-4-11-23(21)24/h1-12,16,24,26H,13-15,17H2,(H,32,37)/t26-/m1/s1. The molecule has 3 aliphatic rings. The highest BCUT2D eigenvalue weighted by molar-refractivity contribution is 6.02. The first kappa shape index (κ1) is 24.4. The molecule has 1 radical (unpaired) electrons. The minimum Gasteiger partial charge on any atom is -0.449 e. The number of hydrogen-bond donors (Lipinski definition) is 1. The molecule has 6 rings (SSSR count). The number of alkyl carbamates (subject to hydrolysis) is 1. The van der Waals surface area contributed by atoms with Gasteiger partial charge in [-0.05, 0) is 33.9 Å². The molecule has 1 aliphatic carbocycles. The molecule has 1 atom stereocenters. The largest absolute Gasteiger partial charge is 0.449 e. The zero-order valence-corrected chi connectivity index (χ0v) is 20.8. The first-order chi connectivity index (χ1) is 19.0. The molecule has 3 amide bonds. The van der Waals surface area contributed by atoms with Crippen molar-refractivity contribution in [1.82, 2.24) is 15.7 Å². The van der Waals surface area contributed by atoms with Crippen molar-refractivity contribution in [2.75, 3.05) is 6.61 Å². The number of para-hydroxylation sites is 1. The average Bonchev–Trinajstić information content (AvgIpc) is 3.61. The Morgan fingerprint density at radius 1 is 0.872 bits per heavy atom. The maximum absolute atomic E-state index is 13.1. The van der Waals surface area contributed by atoms with E-state index in [1.54, 1.807) is 6.20 Å². The van der Waals surface area contributed by atoms with Crippen molar-refractivity contribution in [1.29, 1.82) is 0 Å². The van der Waals surface area contributed by atoms with Crippen LogP contribution >= 0.6 is 0 Å². The number of nitrogens with one attached hydrogen (secondary N) is 1. The number of hydroxylamine groups is 2. The molecule has 0 spiro atoms. The number of ether oxygens (including phenoxy) is 1. The molecule has 39 heavy (non-hydrogen) atoms. The van der Waals surface area contributed by atoms with Gasteiger partial charge >= 0.3 is 12.1 Å². The Hall–Kier alpha value is -4.92. The Labute approximate surface area is 224 Å². The molecule has 0 aromatic heterocycles. The van der Waals surface area contributed by atoms with Gasteiger partial charge in [-0.2, -0.15) is 0 Å². The van der Waals surface area contributed by atoms with Crippen LogP contribution in [0.25, 0.3) is 16.7 Å². The lowest BCUT2D eigenvalue weighted by Crippen LogP contribution is -2.45. The van der Waals surface area contributed by atoms with Crippen LogP contribution in [-0.4, -0.2) is 41.6 Å². The molecular weight excluding hydrogens is 498 g/mol. The van der Waals surface area contributed by atoms with E-state index in [9.17, 15) is 19.2 Å². The minimum absolute atomic E-state index is 0.0275. The van der Waals surface area contributed by atoms with Crippen molar-refractivity contribution in [2.24, 2.45) is 0 Å². The number of benzene rings is 3. The highest BCUT2D eigenvalue weighted by Gasteiger charge is 2.37. The number of rotatable bonds is 7. The summed E-state index contributed by atoms with van der Waals surface area (Å²) in [5.74, 6) is -2.31. The molecule has 0 unspecified atom stereocenters. The van der Waals surface area contributed by atoms with E-state index in [1.165, 1.54) is 0 Å². The van der Waals surface area contributed by atoms with E-state index in [0.717, 1.165) is 33.5 Å². The summed E-state index contributed by atoms with van der Waals surface area (Å²) in [4.78, 5) is 55.3. The van der Waals surface area contributed by atoms with Gasteiger partial charge in [-0.15, -0.1) is 5.06 Å². The monoisotopic (exact) mass is 522 g/mol. The molecule has 1 fully saturated rings. The van der Waals surface area contributed by atoms with Crippen LogP contribution in [0.1, 0.15) is 41.9 Å². The third-order valence-corrected chi connectivity index (χ3v) is 7.14. The summed E-state index contributed by atoms with van der Waals surface area (Å²) >= 11 is 0. The second-order valence-electron chi connectivity index (χ2n) is 9.52. The van der Waals surface area contributed by atoms with Gasteiger partial charge in [0.1, 0.15) is 12.6 Å². The van der Waals surface area contributed by atoms with Gasteiger partial charge in [0.15, 0.2) is 0 Å². The number of imide groups is 1. The SMILES string of the molecule is O=C(N[C@H](CC1=C[N]c2ccccc21)C(=O)ON1C(=O)CCC1=O)OCC1c2ccccc2-c2ccccc21. The van der Waals surface area contributed by atoms with Gasteiger partial charge in [-0.3, -0.25) is 14.9 Å². The molecule has 9 heteroatoms. The summed E-state index contributed by atoms with van der Waals surface area (Å²) in [5.41, 5.74) is 6.57. The maximum Gasteiger partial charge on any atom is 0.407 e. The smallest absolute Gasteiger partial charge is 0.407 e. The Balaban J connectivity index is 1.18. The van der Waals surface area contributed by atoms with Crippen molar-refractivity contribution in [3.05, 3.63) is 95.7 Å². The summed E-state index contributed by atoms with van der Waals surface area (Å²) in [7, 11) is 0. The van der Waals surface area contributed by atoms with Crippen molar-refractivity contribution < 1.29 is 28.8 Å². The van der Waals surface area contributed by atoms with Crippen LogP contribution in [0.3, 0.4) is 0 Å². The Morgan fingerprint density at radius 2 is 1.46 bits per heavy atom. The van der Waals surface area contributed by atoms with Crippen molar-refractivity contribution in [2.45, 2.75) is 31.2 Å². The van der Waals surface area contributed by atoms with Crippen LogP contribution < -0.4 is 10.6 Å². The maximum atomic E-state index is 13.1. The van der Waals surface area contributed by atoms with Gasteiger partial charge < -0.3 is 14.9 Å². The fraction of sp³-hybridized carbons (Fsp3) is 0.200. The predicted octanol–water partition coefficient (Wildman–Crippen LogP) is 4.18. The third-order valence-electron chi connectivity index (χ3n) is 7.14. The van der Waals surface area contributed by atoms with Gasteiger partial charge in [0.05, 0.1) is 5.69 Å². The fourth-order valence-corrected chi connectivity index (χ4v) is 5.24. The number of carbonyl (C=O) groups is 4. The normalized spacial score (nSPS) is 16.1. The van der Waals surface area contributed by atoms with Gasteiger partial charge in [-0.1, -0.05) is 66.7 Å². The topological polar surface area (TPSA) is 116 Å². The van der Waals surface area contributed by atoms with Gasteiger partial charge in [0, 0.05) is 36.9 Å². The molecule has 195 valence electrons. The van der Waals surface area contributed by atoms with E-state index in [4.69, 9.17) is 9.57 Å². The number of fused-ring (bicyclic) bond motifs is 4. The molecule has 1 saturated heterocycles. The Morgan fingerprint density at radius 3 is 2.13 bits per heavy atom. The van der Waals surface area contributed by atoms with Crippen molar-refractivity contribution >= 4 is 35.1 Å². The van der Waals surface area contributed by atoms with Gasteiger partial charge in [0.2, 0.25) is 0 Å². The van der Waals surface area contributed by atoms with E-state index in [2.05, 4.69) is 10.6 Å². The first-order valence-corrected chi connectivity index (χ1v) is 12.7. The predicted molar refractivity (Wildman–Crippen MR) is 140 cm³/mol. The summed E-state index contributed by atoms with van der Waals surface area (Å²) in [5, 5.41) is 7.41. The van der Waals surface area contributed by atoms with Crippen molar-refractivity contribution in [3.63, 3.8) is 0 Å². The Kier molecular flexibility index (Phi) is 6.32. The lowest BCUT2D eigenvalue weighted by Gasteiger charge is -2.21. The van der Waals surface area contributed by atoms with E-state index < -0.39 is 29.9 Å². The molecule has 1 N–H and O–H groups in total. The number of nitrogens with zero attached hydrogens (tertiary/aromatic N) is 2. The summed E-state index contributed by atoms with van der Waals surface area (Å²) in [6.07, 6.45) is 0.764. The summed E-state index contributed by atoms with van der Waals surface area (Å²) in [6, 6.07) is 22.1. The molecule has 0 bridgehead atoms. The number of carbonyl (C=O) groups excluding carboxylic acids is 4. The molecule has 9 nitrogen and oxygen atoms in total. The van der Waals surface area contributed by atoms with Crippen LogP contribution in [0.5, 0.6) is 0 Å². The fourth-order valence-electron chi connectivity index (χ4n) is 5.24. The van der Waals surface area contributed by atoms with E-state index in [-0.39, 0.29) is 31.8 Å². The van der Waals surface area contributed by atoms with Crippen LogP contribution in [0.4, 0.5) is 10.5 Å². The van der Waals surface area contributed by atoms with E-state index in [1.807, 2.05) is 72.8 Å². The zero-order valence-electron chi connectivity index (χ0n) is 20.8. The molecule has 2 aliphatic heterocycles. The highest BCUT2D eigenvalue weighted by Crippen LogP contribution is 2.44. The molecular formula is C30H24N3O6. The van der Waals surface area contributed by atoms with E-state index >= 15 is 0 Å². The summed E-state index contributed by atoms with van der Waals surface area (Å²) in [6.45, 7) is 0.0611. The summed E-state index contributed by atoms with van der Waals surface area (Å²) < 4.78 is 5.62. The third kappa shape index (κ3) is 4.63. The zero-order chi connectivity index (χ0) is 26.9. The van der Waals surface area contributed by atoms with Gasteiger partial charge in [-0.25, -0.2) is 9.59 Å².